The summed E-state index contributed by atoms with van der Waals surface area (Å²) in [7, 11) is 1.30. The fraction of sp³-hybridized carbons (Fsp3) is 0.111. The van der Waals surface area contributed by atoms with Crippen LogP contribution in [0.3, 0.4) is 0 Å². The van der Waals surface area contributed by atoms with Gasteiger partial charge in [0, 0.05) is 6.08 Å². The van der Waals surface area contributed by atoms with Gasteiger partial charge in [-0.05, 0) is 18.2 Å². The van der Waals surface area contributed by atoms with Crippen molar-refractivity contribution in [3.63, 3.8) is 0 Å². The quantitative estimate of drug-likeness (QED) is 0.459. The minimum Gasteiger partial charge on any atom is -0.466 e. The van der Waals surface area contributed by atoms with Crippen molar-refractivity contribution in [1.82, 2.24) is 4.98 Å². The first-order chi connectivity index (χ1) is 6.63. The summed E-state index contributed by atoms with van der Waals surface area (Å²) in [5.41, 5.74) is 6.42. The van der Waals surface area contributed by atoms with Crippen molar-refractivity contribution in [2.24, 2.45) is 0 Å². The summed E-state index contributed by atoms with van der Waals surface area (Å²) in [5, 5.41) is 0.219. The zero-order valence-electron chi connectivity index (χ0n) is 7.53. The zero-order chi connectivity index (χ0) is 10.6. The molecule has 0 fully saturated rings. The SMILES string of the molecule is COC(=O)C=Cc1ccc(N)c(Cl)n1. The molecule has 0 aliphatic heterocycles. The van der Waals surface area contributed by atoms with E-state index in [1.54, 1.807) is 12.1 Å². The molecule has 1 aromatic rings. The van der Waals surface area contributed by atoms with E-state index in [9.17, 15) is 4.79 Å². The largest absolute Gasteiger partial charge is 0.466 e. The standard InChI is InChI=1S/C9H9ClN2O2/c1-14-8(13)5-3-6-2-4-7(11)9(10)12-6/h2-5H,11H2,1H3. The lowest BCUT2D eigenvalue weighted by atomic mass is 10.3. The van der Waals surface area contributed by atoms with Crippen LogP contribution in [-0.2, 0) is 9.53 Å². The first-order valence-electron chi connectivity index (χ1n) is 3.81. The summed E-state index contributed by atoms with van der Waals surface area (Å²) in [5.74, 6) is -0.445. The monoisotopic (exact) mass is 212 g/mol. The predicted molar refractivity (Wildman–Crippen MR) is 54.7 cm³/mol. The van der Waals surface area contributed by atoms with Crippen molar-refractivity contribution in [2.45, 2.75) is 0 Å². The number of nitrogen functional groups attached to an aromatic ring is 1. The van der Waals surface area contributed by atoms with Gasteiger partial charge in [0.1, 0.15) is 0 Å². The predicted octanol–water partition coefficient (Wildman–Crippen LogP) is 1.50. The minimum atomic E-state index is -0.445. The van der Waals surface area contributed by atoms with Crippen LogP contribution in [0.2, 0.25) is 5.15 Å². The summed E-state index contributed by atoms with van der Waals surface area (Å²) >= 11 is 5.68. The van der Waals surface area contributed by atoms with E-state index < -0.39 is 5.97 Å². The second kappa shape index (κ2) is 4.62. The smallest absolute Gasteiger partial charge is 0.330 e. The number of hydrogen-bond acceptors (Lipinski definition) is 4. The van der Waals surface area contributed by atoms with Crippen molar-refractivity contribution in [2.75, 3.05) is 12.8 Å². The highest BCUT2D eigenvalue weighted by molar-refractivity contribution is 6.31. The fourth-order valence-electron chi connectivity index (χ4n) is 0.773. The van der Waals surface area contributed by atoms with Gasteiger partial charge in [-0.1, -0.05) is 11.6 Å². The molecule has 1 heterocycles. The zero-order valence-corrected chi connectivity index (χ0v) is 8.28. The third-order valence-electron chi connectivity index (χ3n) is 1.49. The van der Waals surface area contributed by atoms with Gasteiger partial charge < -0.3 is 10.5 Å². The lowest BCUT2D eigenvalue weighted by molar-refractivity contribution is -0.134. The molecule has 0 saturated heterocycles. The van der Waals surface area contributed by atoms with Gasteiger partial charge in [0.15, 0.2) is 5.15 Å². The van der Waals surface area contributed by atoms with Crippen LogP contribution in [0.1, 0.15) is 5.69 Å². The maximum Gasteiger partial charge on any atom is 0.330 e. The molecule has 1 aromatic heterocycles. The maximum atomic E-state index is 10.7. The molecule has 0 saturated carbocycles. The molecule has 0 spiro atoms. The van der Waals surface area contributed by atoms with Crippen molar-refractivity contribution in [3.8, 4) is 0 Å². The van der Waals surface area contributed by atoms with Crippen molar-refractivity contribution >= 4 is 29.3 Å². The Hall–Kier alpha value is -1.55. The van der Waals surface area contributed by atoms with Crippen LogP contribution in [-0.4, -0.2) is 18.1 Å². The first kappa shape index (κ1) is 10.5. The van der Waals surface area contributed by atoms with Crippen LogP contribution in [0.15, 0.2) is 18.2 Å². The summed E-state index contributed by atoms with van der Waals surface area (Å²) in [6.45, 7) is 0. The average Bonchev–Trinajstić information content (AvgIpc) is 2.19. The first-order valence-corrected chi connectivity index (χ1v) is 4.19. The minimum absolute atomic E-state index is 0.219. The van der Waals surface area contributed by atoms with Crippen molar-refractivity contribution in [3.05, 3.63) is 29.1 Å². The molecule has 2 N–H and O–H groups in total. The molecule has 0 aliphatic rings. The normalized spacial score (nSPS) is 10.4. The third kappa shape index (κ3) is 2.74. The van der Waals surface area contributed by atoms with Crippen molar-refractivity contribution < 1.29 is 9.53 Å². The molecule has 0 aliphatic carbocycles. The van der Waals surface area contributed by atoms with Gasteiger partial charge in [0.25, 0.3) is 0 Å². The van der Waals surface area contributed by atoms with E-state index in [0.29, 0.717) is 11.4 Å². The van der Waals surface area contributed by atoms with Gasteiger partial charge >= 0.3 is 5.97 Å². The average molecular weight is 213 g/mol. The number of hydrogen-bond donors (Lipinski definition) is 1. The van der Waals surface area contributed by atoms with Crippen LogP contribution in [0.5, 0.6) is 0 Å². The summed E-state index contributed by atoms with van der Waals surface area (Å²) in [6, 6.07) is 3.27. The molecule has 4 nitrogen and oxygen atoms in total. The van der Waals surface area contributed by atoms with Gasteiger partial charge in [-0.2, -0.15) is 0 Å². The molecule has 0 atom stereocenters. The topological polar surface area (TPSA) is 65.2 Å². The van der Waals surface area contributed by atoms with Crippen LogP contribution in [0, 0.1) is 0 Å². The number of nitrogens with zero attached hydrogens (tertiary/aromatic N) is 1. The molecular weight excluding hydrogens is 204 g/mol. The Bertz CT molecular complexity index is 377. The molecular formula is C9H9ClN2O2. The van der Waals surface area contributed by atoms with Crippen LogP contribution in [0.4, 0.5) is 5.69 Å². The number of pyridine rings is 1. The van der Waals surface area contributed by atoms with Crippen LogP contribution in [0.25, 0.3) is 6.08 Å². The molecule has 0 aromatic carbocycles. The highest BCUT2D eigenvalue weighted by Gasteiger charge is 1.98. The fourth-order valence-corrected chi connectivity index (χ4v) is 0.934. The number of carbonyl (C=O) groups is 1. The Kier molecular flexibility index (Phi) is 3.48. The van der Waals surface area contributed by atoms with Gasteiger partial charge in [-0.15, -0.1) is 0 Å². The van der Waals surface area contributed by atoms with E-state index in [1.807, 2.05) is 0 Å². The Morgan fingerprint density at radius 3 is 2.93 bits per heavy atom. The van der Waals surface area contributed by atoms with Crippen LogP contribution < -0.4 is 5.73 Å². The van der Waals surface area contributed by atoms with Gasteiger partial charge in [-0.3, -0.25) is 0 Å². The molecule has 5 heteroatoms. The maximum absolute atomic E-state index is 10.7. The molecule has 74 valence electrons. The lowest BCUT2D eigenvalue weighted by Crippen LogP contribution is -1.94. The number of rotatable bonds is 2. The van der Waals surface area contributed by atoms with Gasteiger partial charge in [-0.25, -0.2) is 9.78 Å². The highest BCUT2D eigenvalue weighted by Crippen LogP contribution is 2.15. The molecule has 0 radical (unpaired) electrons. The molecule has 14 heavy (non-hydrogen) atoms. The number of nitrogens with two attached hydrogens (primary N) is 1. The van der Waals surface area contributed by atoms with E-state index in [4.69, 9.17) is 17.3 Å². The van der Waals surface area contributed by atoms with Gasteiger partial charge in [0.2, 0.25) is 0 Å². The van der Waals surface area contributed by atoms with E-state index in [2.05, 4.69) is 9.72 Å². The Morgan fingerprint density at radius 2 is 2.36 bits per heavy atom. The van der Waals surface area contributed by atoms with Crippen LogP contribution >= 0.6 is 11.6 Å². The summed E-state index contributed by atoms with van der Waals surface area (Å²) < 4.78 is 4.41. The number of ether oxygens (including phenoxy) is 1. The second-order valence-electron chi connectivity index (χ2n) is 2.47. The molecule has 0 amide bonds. The lowest BCUT2D eigenvalue weighted by Gasteiger charge is -1.97. The van der Waals surface area contributed by atoms with E-state index in [-0.39, 0.29) is 5.15 Å². The van der Waals surface area contributed by atoms with Crippen molar-refractivity contribution in [1.29, 1.82) is 0 Å². The summed E-state index contributed by atoms with van der Waals surface area (Å²) in [6.07, 6.45) is 2.76. The van der Waals surface area contributed by atoms with E-state index in [1.165, 1.54) is 19.3 Å². The third-order valence-corrected chi connectivity index (χ3v) is 1.79. The number of methoxy groups -OCH3 is 1. The number of aromatic nitrogens is 1. The number of carbonyl (C=O) groups excluding carboxylic acids is 1. The van der Waals surface area contributed by atoms with Gasteiger partial charge in [0.05, 0.1) is 18.5 Å². The molecule has 1 rings (SSSR count). The Labute approximate surface area is 86.3 Å². The highest BCUT2D eigenvalue weighted by atomic mass is 35.5. The second-order valence-corrected chi connectivity index (χ2v) is 2.83. The Balaban J connectivity index is 2.83. The number of anilines is 1. The molecule has 0 bridgehead atoms. The van der Waals surface area contributed by atoms with E-state index >= 15 is 0 Å². The number of halogens is 1. The number of esters is 1. The molecule has 0 unspecified atom stereocenters. The Morgan fingerprint density at radius 1 is 1.64 bits per heavy atom. The summed E-state index contributed by atoms with van der Waals surface area (Å²) in [4.78, 5) is 14.7. The van der Waals surface area contributed by atoms with E-state index in [0.717, 1.165) is 0 Å².